The van der Waals surface area contributed by atoms with Gasteiger partial charge in [0.15, 0.2) is 5.82 Å². The Balaban J connectivity index is 1.83. The van der Waals surface area contributed by atoms with E-state index in [2.05, 4.69) is 10.1 Å². The first-order chi connectivity index (χ1) is 12.8. The van der Waals surface area contributed by atoms with Gasteiger partial charge in [0.05, 0.1) is 30.0 Å². The lowest BCUT2D eigenvalue weighted by Crippen LogP contribution is -2.32. The Kier molecular flexibility index (Phi) is 4.52. The highest BCUT2D eigenvalue weighted by Crippen LogP contribution is 2.37. The van der Waals surface area contributed by atoms with Crippen LogP contribution in [0.5, 0.6) is 0 Å². The zero-order valence-corrected chi connectivity index (χ0v) is 17.2. The molecule has 3 aromatic heterocycles. The molecule has 0 saturated heterocycles. The van der Waals surface area contributed by atoms with Crippen LogP contribution in [0.25, 0.3) is 16.0 Å². The summed E-state index contributed by atoms with van der Waals surface area (Å²) in [4.78, 5) is 30.9. The minimum absolute atomic E-state index is 0.0790. The minimum Gasteiger partial charge on any atom is -0.458 e. The van der Waals surface area contributed by atoms with E-state index in [1.54, 1.807) is 18.5 Å². The SMILES string of the molecule is CCOC(=O)SCc1nc2n(C)c(=O)c3c4c(sc3n2n1)COC(C)(C)C4. The van der Waals surface area contributed by atoms with Crippen LogP contribution >= 0.6 is 23.1 Å². The zero-order chi connectivity index (χ0) is 19.3. The molecule has 0 saturated carbocycles. The topological polar surface area (TPSA) is 87.7 Å². The fourth-order valence-corrected chi connectivity index (χ4v) is 4.95. The maximum atomic E-state index is 13.0. The highest BCUT2D eigenvalue weighted by atomic mass is 32.2. The van der Waals surface area contributed by atoms with Crippen molar-refractivity contribution in [2.45, 2.75) is 45.2 Å². The molecule has 4 rings (SSSR count). The van der Waals surface area contributed by atoms with Crippen LogP contribution in [0.1, 0.15) is 37.0 Å². The standard InChI is InChI=1S/C17H20N4O4S2/c1-5-24-16(23)26-8-11-18-15-20(4)13(22)12-9-6-17(2,3)25-7-10(9)27-14(12)21(15)19-11/h5-8H2,1-4H3. The molecule has 8 nitrogen and oxygen atoms in total. The largest absolute Gasteiger partial charge is 0.458 e. The van der Waals surface area contributed by atoms with Crippen molar-refractivity contribution in [3.05, 3.63) is 26.6 Å². The predicted molar refractivity (Wildman–Crippen MR) is 105 cm³/mol. The highest BCUT2D eigenvalue weighted by molar-refractivity contribution is 8.12. The summed E-state index contributed by atoms with van der Waals surface area (Å²) in [7, 11) is 1.70. The molecule has 0 amide bonds. The third kappa shape index (κ3) is 3.15. The molecule has 0 atom stereocenters. The van der Waals surface area contributed by atoms with Gasteiger partial charge < -0.3 is 9.47 Å². The number of aryl methyl sites for hydroxylation is 1. The Hall–Kier alpha value is -1.91. The van der Waals surface area contributed by atoms with Gasteiger partial charge in [-0.1, -0.05) is 0 Å². The van der Waals surface area contributed by atoms with E-state index >= 15 is 0 Å². The van der Waals surface area contributed by atoms with Gasteiger partial charge in [-0.3, -0.25) is 9.36 Å². The number of thiophene rings is 1. The maximum absolute atomic E-state index is 13.0. The molecule has 10 heteroatoms. The number of hydrogen-bond acceptors (Lipinski definition) is 8. The van der Waals surface area contributed by atoms with Crippen molar-refractivity contribution >= 4 is 44.4 Å². The van der Waals surface area contributed by atoms with E-state index in [0.717, 1.165) is 27.0 Å². The van der Waals surface area contributed by atoms with Crippen molar-refractivity contribution in [2.75, 3.05) is 6.61 Å². The molecular weight excluding hydrogens is 388 g/mol. The molecule has 0 bridgehead atoms. The number of carbonyl (C=O) groups excluding carboxylic acids is 1. The Morgan fingerprint density at radius 3 is 2.96 bits per heavy atom. The number of fused-ring (bicyclic) bond motifs is 5. The van der Waals surface area contributed by atoms with E-state index in [1.165, 1.54) is 15.9 Å². The summed E-state index contributed by atoms with van der Waals surface area (Å²) in [5.74, 6) is 1.24. The van der Waals surface area contributed by atoms with Gasteiger partial charge in [-0.05, 0) is 38.1 Å². The van der Waals surface area contributed by atoms with Gasteiger partial charge in [-0.15, -0.1) is 16.4 Å². The number of carbonyl (C=O) groups is 1. The monoisotopic (exact) mass is 408 g/mol. The lowest BCUT2D eigenvalue weighted by atomic mass is 9.94. The van der Waals surface area contributed by atoms with Crippen LogP contribution in [-0.4, -0.2) is 36.7 Å². The molecule has 0 radical (unpaired) electrons. The summed E-state index contributed by atoms with van der Waals surface area (Å²) in [6.45, 7) is 6.65. The Morgan fingerprint density at radius 1 is 1.44 bits per heavy atom. The van der Waals surface area contributed by atoms with Gasteiger partial charge in [-0.2, -0.15) is 9.50 Å². The second-order valence-corrected chi connectivity index (χ2v) is 8.98. The minimum atomic E-state index is -0.360. The summed E-state index contributed by atoms with van der Waals surface area (Å²) >= 11 is 2.53. The van der Waals surface area contributed by atoms with Gasteiger partial charge >= 0.3 is 5.30 Å². The quantitative estimate of drug-likeness (QED) is 0.616. The van der Waals surface area contributed by atoms with Gasteiger partial charge in [-0.25, -0.2) is 4.79 Å². The Bertz CT molecular complexity index is 1110. The van der Waals surface area contributed by atoms with Gasteiger partial charge in [0.1, 0.15) is 4.83 Å². The van der Waals surface area contributed by atoms with E-state index in [1.807, 2.05) is 13.8 Å². The smallest absolute Gasteiger partial charge is 0.367 e. The predicted octanol–water partition coefficient (Wildman–Crippen LogP) is 2.88. The van der Waals surface area contributed by atoms with Crippen molar-refractivity contribution < 1.29 is 14.3 Å². The van der Waals surface area contributed by atoms with Crippen molar-refractivity contribution in [1.82, 2.24) is 19.2 Å². The number of aromatic nitrogens is 4. The molecule has 0 spiro atoms. The van der Waals surface area contributed by atoms with Crippen LogP contribution in [0.4, 0.5) is 4.79 Å². The lowest BCUT2D eigenvalue weighted by molar-refractivity contribution is -0.0379. The first-order valence-electron chi connectivity index (χ1n) is 8.63. The molecule has 4 heterocycles. The third-order valence-corrected chi connectivity index (χ3v) is 6.43. The summed E-state index contributed by atoms with van der Waals surface area (Å²) < 4.78 is 14.0. The molecule has 1 aliphatic rings. The van der Waals surface area contributed by atoms with Crippen LogP contribution in [0, 0.1) is 0 Å². The average molecular weight is 409 g/mol. The molecule has 0 N–H and O–H groups in total. The normalized spacial score (nSPS) is 16.0. The van der Waals surface area contributed by atoms with Gasteiger partial charge in [0.2, 0.25) is 5.78 Å². The summed E-state index contributed by atoms with van der Waals surface area (Å²) in [6.07, 6.45) is 0.684. The molecule has 0 aromatic carbocycles. The molecule has 0 aliphatic carbocycles. The molecule has 0 fully saturated rings. The zero-order valence-electron chi connectivity index (χ0n) is 15.6. The fourth-order valence-electron chi connectivity index (χ4n) is 3.21. The summed E-state index contributed by atoms with van der Waals surface area (Å²) in [5, 5.41) is 4.87. The van der Waals surface area contributed by atoms with Crippen molar-refractivity contribution in [3.8, 4) is 0 Å². The van der Waals surface area contributed by atoms with Crippen LogP contribution in [0.3, 0.4) is 0 Å². The van der Waals surface area contributed by atoms with Crippen LogP contribution in [0.15, 0.2) is 4.79 Å². The number of hydrogen-bond donors (Lipinski definition) is 0. The third-order valence-electron chi connectivity index (χ3n) is 4.49. The van der Waals surface area contributed by atoms with E-state index in [-0.39, 0.29) is 22.2 Å². The molecule has 3 aromatic rings. The highest BCUT2D eigenvalue weighted by Gasteiger charge is 2.31. The Morgan fingerprint density at radius 2 is 2.22 bits per heavy atom. The van der Waals surface area contributed by atoms with Crippen LogP contribution < -0.4 is 5.56 Å². The molecule has 144 valence electrons. The number of thioether (sulfide) groups is 1. The number of ether oxygens (including phenoxy) is 2. The number of nitrogens with zero attached hydrogens (tertiary/aromatic N) is 4. The van der Waals surface area contributed by atoms with E-state index < -0.39 is 0 Å². The first kappa shape index (κ1) is 18.5. The average Bonchev–Trinajstić information content (AvgIpc) is 3.19. The first-order valence-corrected chi connectivity index (χ1v) is 10.4. The van der Waals surface area contributed by atoms with Crippen molar-refractivity contribution in [1.29, 1.82) is 0 Å². The van der Waals surface area contributed by atoms with Gasteiger partial charge in [0, 0.05) is 18.3 Å². The van der Waals surface area contributed by atoms with E-state index in [9.17, 15) is 9.59 Å². The molecule has 0 unspecified atom stereocenters. The van der Waals surface area contributed by atoms with E-state index in [4.69, 9.17) is 9.47 Å². The van der Waals surface area contributed by atoms with Crippen LogP contribution in [-0.2, 0) is 35.3 Å². The van der Waals surface area contributed by atoms with Crippen LogP contribution in [0.2, 0.25) is 0 Å². The summed E-state index contributed by atoms with van der Waals surface area (Å²) in [6, 6.07) is 0. The van der Waals surface area contributed by atoms with Gasteiger partial charge in [0.25, 0.3) is 5.56 Å². The molecule has 27 heavy (non-hydrogen) atoms. The lowest BCUT2D eigenvalue weighted by Gasteiger charge is -2.29. The Labute approximate surface area is 163 Å². The maximum Gasteiger partial charge on any atom is 0.367 e. The summed E-state index contributed by atoms with van der Waals surface area (Å²) in [5.41, 5.74) is 0.668. The van der Waals surface area contributed by atoms with Crippen molar-refractivity contribution in [3.63, 3.8) is 0 Å². The van der Waals surface area contributed by atoms with E-state index in [0.29, 0.717) is 36.6 Å². The fraction of sp³-hybridized carbons (Fsp3) is 0.529. The molecule has 1 aliphatic heterocycles. The second-order valence-electron chi connectivity index (χ2n) is 6.98. The molecular formula is C17H20N4O4S2. The van der Waals surface area contributed by atoms with Crippen molar-refractivity contribution in [2.24, 2.45) is 7.05 Å². The second kappa shape index (κ2) is 6.61. The number of rotatable bonds is 3.